The third kappa shape index (κ3) is 3.16. The molecule has 0 amide bonds. The van der Waals surface area contributed by atoms with Crippen LogP contribution in [-0.2, 0) is 9.84 Å². The van der Waals surface area contributed by atoms with Crippen LogP contribution in [0.2, 0.25) is 0 Å². The van der Waals surface area contributed by atoms with E-state index in [1.807, 2.05) is 11.8 Å². The van der Waals surface area contributed by atoms with Crippen molar-refractivity contribution in [1.82, 2.24) is 4.90 Å². The van der Waals surface area contributed by atoms with Crippen LogP contribution in [0.3, 0.4) is 0 Å². The minimum Gasteiger partial charge on any atom is -0.389 e. The number of β-amino-alcohol motifs (C(OH)–C–C–N with tert-alkyl or cyclic N) is 1. The lowest BCUT2D eigenvalue weighted by Gasteiger charge is -2.40. The lowest BCUT2D eigenvalue weighted by molar-refractivity contribution is 0.0234. The molecule has 0 aliphatic carbocycles. The fourth-order valence-corrected chi connectivity index (χ4v) is 3.58. The first-order chi connectivity index (χ1) is 6.63. The molecule has 2 atom stereocenters. The molecule has 0 spiro atoms. The summed E-state index contributed by atoms with van der Waals surface area (Å²) in [6.07, 6.45) is 0. The van der Waals surface area contributed by atoms with Crippen LogP contribution in [0.1, 0.15) is 27.7 Å². The summed E-state index contributed by atoms with van der Waals surface area (Å²) in [4.78, 5) is 2.05. The van der Waals surface area contributed by atoms with Gasteiger partial charge in [-0.1, -0.05) is 0 Å². The Labute approximate surface area is 92.2 Å². The standard InChI is InChI=1S/C10H21NO3S/c1-8-9(2)15(13,14)6-5-11(8)7-10(3,4)12/h8-9,12H,5-7H2,1-4H3. The van der Waals surface area contributed by atoms with Crippen LogP contribution in [0.25, 0.3) is 0 Å². The van der Waals surface area contributed by atoms with Gasteiger partial charge in [0, 0.05) is 19.1 Å². The minimum atomic E-state index is -2.92. The summed E-state index contributed by atoms with van der Waals surface area (Å²) in [5.41, 5.74) is -0.769. The highest BCUT2D eigenvalue weighted by atomic mass is 32.2. The van der Waals surface area contributed by atoms with Gasteiger partial charge in [-0.25, -0.2) is 8.42 Å². The summed E-state index contributed by atoms with van der Waals surface area (Å²) < 4.78 is 23.2. The monoisotopic (exact) mass is 235 g/mol. The van der Waals surface area contributed by atoms with Crippen LogP contribution in [0.15, 0.2) is 0 Å². The van der Waals surface area contributed by atoms with Crippen molar-refractivity contribution < 1.29 is 13.5 Å². The average Bonchev–Trinajstić information content (AvgIpc) is 2.05. The molecule has 1 heterocycles. The van der Waals surface area contributed by atoms with E-state index in [0.29, 0.717) is 13.1 Å². The Bertz CT molecular complexity index is 318. The van der Waals surface area contributed by atoms with Gasteiger partial charge in [0.15, 0.2) is 9.84 Å². The molecule has 1 aliphatic heterocycles. The molecule has 0 aromatic rings. The van der Waals surface area contributed by atoms with Gasteiger partial charge in [-0.3, -0.25) is 4.90 Å². The van der Waals surface area contributed by atoms with E-state index in [1.165, 1.54) is 0 Å². The second kappa shape index (κ2) is 4.03. The number of sulfone groups is 1. The van der Waals surface area contributed by atoms with E-state index < -0.39 is 15.4 Å². The zero-order chi connectivity index (χ0) is 11.9. The topological polar surface area (TPSA) is 57.6 Å². The average molecular weight is 235 g/mol. The maximum Gasteiger partial charge on any atom is 0.155 e. The Morgan fingerprint density at radius 2 is 1.93 bits per heavy atom. The molecule has 0 aromatic carbocycles. The van der Waals surface area contributed by atoms with Crippen molar-refractivity contribution >= 4 is 9.84 Å². The molecule has 90 valence electrons. The summed E-state index contributed by atoms with van der Waals surface area (Å²) in [6, 6.07) is -0.0184. The fourth-order valence-electron chi connectivity index (χ4n) is 1.95. The van der Waals surface area contributed by atoms with E-state index in [9.17, 15) is 13.5 Å². The van der Waals surface area contributed by atoms with Crippen LogP contribution >= 0.6 is 0 Å². The molecule has 1 aliphatic rings. The fraction of sp³-hybridized carbons (Fsp3) is 1.00. The van der Waals surface area contributed by atoms with E-state index in [0.717, 1.165) is 0 Å². The quantitative estimate of drug-likeness (QED) is 0.746. The van der Waals surface area contributed by atoms with E-state index in [1.54, 1.807) is 20.8 Å². The first kappa shape index (κ1) is 12.9. The van der Waals surface area contributed by atoms with Gasteiger partial charge >= 0.3 is 0 Å². The number of hydrogen-bond donors (Lipinski definition) is 1. The predicted molar refractivity (Wildman–Crippen MR) is 60.6 cm³/mol. The third-order valence-electron chi connectivity index (χ3n) is 3.07. The molecule has 0 aromatic heterocycles. The van der Waals surface area contributed by atoms with Gasteiger partial charge in [-0.05, 0) is 27.7 Å². The van der Waals surface area contributed by atoms with Crippen molar-refractivity contribution in [2.24, 2.45) is 0 Å². The Hall–Kier alpha value is -0.130. The van der Waals surface area contributed by atoms with Crippen molar-refractivity contribution in [3.05, 3.63) is 0 Å². The predicted octanol–water partition coefficient (Wildman–Crippen LogP) is 0.265. The Kier molecular flexibility index (Phi) is 3.48. The molecule has 1 rings (SSSR count). The van der Waals surface area contributed by atoms with Gasteiger partial charge in [0.1, 0.15) is 0 Å². The van der Waals surface area contributed by atoms with Crippen molar-refractivity contribution in [2.45, 2.75) is 44.6 Å². The summed E-state index contributed by atoms with van der Waals surface area (Å²) in [6.45, 7) is 8.19. The zero-order valence-electron chi connectivity index (χ0n) is 9.90. The van der Waals surface area contributed by atoms with Crippen LogP contribution in [0.5, 0.6) is 0 Å². The summed E-state index contributed by atoms with van der Waals surface area (Å²) in [5.74, 6) is 0.203. The summed E-state index contributed by atoms with van der Waals surface area (Å²) in [7, 11) is -2.92. The highest BCUT2D eigenvalue weighted by Crippen LogP contribution is 2.21. The molecule has 4 nitrogen and oxygen atoms in total. The number of hydrogen-bond acceptors (Lipinski definition) is 4. The first-order valence-corrected chi connectivity index (χ1v) is 7.03. The van der Waals surface area contributed by atoms with Gasteiger partial charge in [0.25, 0.3) is 0 Å². The second-order valence-electron chi connectivity index (χ2n) is 5.10. The van der Waals surface area contributed by atoms with Gasteiger partial charge in [0.05, 0.1) is 16.6 Å². The molecule has 1 fully saturated rings. The highest BCUT2D eigenvalue weighted by Gasteiger charge is 2.37. The van der Waals surface area contributed by atoms with Crippen LogP contribution < -0.4 is 0 Å². The van der Waals surface area contributed by atoms with Gasteiger partial charge in [0.2, 0.25) is 0 Å². The largest absolute Gasteiger partial charge is 0.389 e. The Morgan fingerprint density at radius 1 is 1.40 bits per heavy atom. The number of aliphatic hydroxyl groups is 1. The molecular weight excluding hydrogens is 214 g/mol. The van der Waals surface area contributed by atoms with Crippen molar-refractivity contribution in [3.8, 4) is 0 Å². The molecule has 1 N–H and O–H groups in total. The van der Waals surface area contributed by atoms with E-state index in [-0.39, 0.29) is 17.0 Å². The zero-order valence-corrected chi connectivity index (χ0v) is 10.7. The normalized spacial score (nSPS) is 32.9. The van der Waals surface area contributed by atoms with Gasteiger partial charge in [-0.2, -0.15) is 0 Å². The molecule has 0 radical (unpaired) electrons. The molecule has 5 heteroatoms. The van der Waals surface area contributed by atoms with Crippen LogP contribution in [0.4, 0.5) is 0 Å². The molecule has 0 bridgehead atoms. The SMILES string of the molecule is CC1C(C)S(=O)(=O)CCN1CC(C)(C)O. The minimum absolute atomic E-state index is 0.0184. The van der Waals surface area contributed by atoms with Crippen molar-refractivity contribution in [3.63, 3.8) is 0 Å². The lowest BCUT2D eigenvalue weighted by atomic mass is 10.1. The third-order valence-corrected chi connectivity index (χ3v) is 5.35. The molecule has 15 heavy (non-hydrogen) atoms. The van der Waals surface area contributed by atoms with Crippen LogP contribution in [0, 0.1) is 0 Å². The van der Waals surface area contributed by atoms with Crippen molar-refractivity contribution in [2.75, 3.05) is 18.8 Å². The maximum absolute atomic E-state index is 11.6. The second-order valence-corrected chi connectivity index (χ2v) is 7.57. The Morgan fingerprint density at radius 3 is 2.40 bits per heavy atom. The smallest absolute Gasteiger partial charge is 0.155 e. The number of rotatable bonds is 2. The molecule has 0 saturated carbocycles. The maximum atomic E-state index is 11.6. The first-order valence-electron chi connectivity index (χ1n) is 5.31. The molecular formula is C10H21NO3S. The van der Waals surface area contributed by atoms with E-state index in [2.05, 4.69) is 0 Å². The lowest BCUT2D eigenvalue weighted by Crippen LogP contribution is -2.55. The highest BCUT2D eigenvalue weighted by molar-refractivity contribution is 7.92. The summed E-state index contributed by atoms with van der Waals surface area (Å²) >= 11 is 0. The van der Waals surface area contributed by atoms with E-state index >= 15 is 0 Å². The molecule has 1 saturated heterocycles. The van der Waals surface area contributed by atoms with Crippen LogP contribution in [-0.4, -0.2) is 54.2 Å². The Balaban J connectivity index is 2.74. The van der Waals surface area contributed by atoms with Gasteiger partial charge < -0.3 is 5.11 Å². The summed E-state index contributed by atoms with van der Waals surface area (Å²) in [5, 5.41) is 9.37. The van der Waals surface area contributed by atoms with E-state index in [4.69, 9.17) is 0 Å². The van der Waals surface area contributed by atoms with Gasteiger partial charge in [-0.15, -0.1) is 0 Å². The van der Waals surface area contributed by atoms with Crippen molar-refractivity contribution in [1.29, 1.82) is 0 Å². The number of nitrogens with zero attached hydrogens (tertiary/aromatic N) is 1. The molecule has 2 unspecified atom stereocenters.